The Morgan fingerprint density at radius 3 is 1.37 bits per heavy atom. The molecule has 0 bridgehead atoms. The van der Waals surface area contributed by atoms with Crippen LogP contribution in [0.3, 0.4) is 0 Å². The second kappa shape index (κ2) is 11.4. The van der Waals surface area contributed by atoms with E-state index in [1.54, 1.807) is 0 Å². The minimum absolute atomic E-state index is 0.480. The SMILES string of the molecule is CCC(C)Nc1ccc(OCCCOc2ccc(NC(C)CC)cc2)cc1. The summed E-state index contributed by atoms with van der Waals surface area (Å²) < 4.78 is 11.6. The van der Waals surface area contributed by atoms with Crippen LogP contribution in [0.2, 0.25) is 0 Å². The average molecular weight is 371 g/mol. The summed E-state index contributed by atoms with van der Waals surface area (Å²) in [5.74, 6) is 1.79. The summed E-state index contributed by atoms with van der Waals surface area (Å²) in [6, 6.07) is 17.2. The smallest absolute Gasteiger partial charge is 0.119 e. The quantitative estimate of drug-likeness (QED) is 0.453. The monoisotopic (exact) mass is 370 g/mol. The maximum absolute atomic E-state index is 5.79. The van der Waals surface area contributed by atoms with Gasteiger partial charge in [0, 0.05) is 29.9 Å². The summed E-state index contributed by atoms with van der Waals surface area (Å²) in [6.45, 7) is 10.0. The van der Waals surface area contributed by atoms with Crippen molar-refractivity contribution in [1.82, 2.24) is 0 Å². The number of anilines is 2. The zero-order valence-corrected chi connectivity index (χ0v) is 17.1. The van der Waals surface area contributed by atoms with E-state index in [2.05, 4.69) is 62.6 Å². The fourth-order valence-corrected chi connectivity index (χ4v) is 2.51. The average Bonchev–Trinajstić information content (AvgIpc) is 2.70. The molecule has 0 aliphatic rings. The Morgan fingerprint density at radius 1 is 0.667 bits per heavy atom. The van der Waals surface area contributed by atoms with E-state index in [0.29, 0.717) is 25.3 Å². The Hall–Kier alpha value is -2.36. The zero-order valence-electron chi connectivity index (χ0n) is 17.1. The molecule has 0 amide bonds. The molecular formula is C23H34N2O2. The maximum Gasteiger partial charge on any atom is 0.119 e. The van der Waals surface area contributed by atoms with Gasteiger partial charge < -0.3 is 20.1 Å². The van der Waals surface area contributed by atoms with E-state index in [4.69, 9.17) is 9.47 Å². The van der Waals surface area contributed by atoms with Gasteiger partial charge in [-0.05, 0) is 75.2 Å². The molecule has 0 saturated heterocycles. The lowest BCUT2D eigenvalue weighted by Crippen LogP contribution is -2.13. The van der Waals surface area contributed by atoms with Crippen LogP contribution in [0.4, 0.5) is 11.4 Å². The summed E-state index contributed by atoms with van der Waals surface area (Å²) in [5, 5.41) is 6.90. The zero-order chi connectivity index (χ0) is 19.5. The molecule has 0 aliphatic carbocycles. The fraction of sp³-hybridized carbons (Fsp3) is 0.478. The first-order valence-electron chi connectivity index (χ1n) is 10.1. The van der Waals surface area contributed by atoms with Gasteiger partial charge in [0.05, 0.1) is 13.2 Å². The molecule has 148 valence electrons. The highest BCUT2D eigenvalue weighted by Crippen LogP contribution is 2.18. The van der Waals surface area contributed by atoms with Crippen LogP contribution in [-0.2, 0) is 0 Å². The first kappa shape index (κ1) is 20.9. The molecular weight excluding hydrogens is 336 g/mol. The predicted molar refractivity (Wildman–Crippen MR) is 115 cm³/mol. The summed E-state index contributed by atoms with van der Waals surface area (Å²) >= 11 is 0. The second-order valence-corrected chi connectivity index (χ2v) is 7.01. The molecule has 0 spiro atoms. The number of hydrogen-bond acceptors (Lipinski definition) is 4. The van der Waals surface area contributed by atoms with Gasteiger partial charge in [0.2, 0.25) is 0 Å². The number of benzene rings is 2. The Labute approximate surface area is 164 Å². The fourth-order valence-electron chi connectivity index (χ4n) is 2.51. The molecule has 0 aliphatic heterocycles. The highest BCUT2D eigenvalue weighted by atomic mass is 16.5. The van der Waals surface area contributed by atoms with E-state index >= 15 is 0 Å². The van der Waals surface area contributed by atoms with Gasteiger partial charge in [0.25, 0.3) is 0 Å². The van der Waals surface area contributed by atoms with E-state index in [-0.39, 0.29) is 0 Å². The van der Waals surface area contributed by atoms with Crippen molar-refractivity contribution in [2.45, 2.75) is 59.0 Å². The van der Waals surface area contributed by atoms with Gasteiger partial charge in [-0.2, -0.15) is 0 Å². The van der Waals surface area contributed by atoms with Gasteiger partial charge in [-0.25, -0.2) is 0 Å². The molecule has 0 fully saturated rings. The van der Waals surface area contributed by atoms with Crippen LogP contribution in [0.15, 0.2) is 48.5 Å². The van der Waals surface area contributed by atoms with Crippen molar-refractivity contribution in [2.24, 2.45) is 0 Å². The minimum atomic E-state index is 0.480. The normalized spacial score (nSPS) is 12.9. The van der Waals surface area contributed by atoms with Crippen LogP contribution in [0, 0.1) is 0 Å². The topological polar surface area (TPSA) is 42.5 Å². The van der Waals surface area contributed by atoms with Crippen LogP contribution >= 0.6 is 0 Å². The predicted octanol–water partition coefficient (Wildman–Crippen LogP) is 5.96. The molecule has 0 saturated carbocycles. The largest absolute Gasteiger partial charge is 0.493 e. The maximum atomic E-state index is 5.79. The molecule has 0 aromatic heterocycles. The lowest BCUT2D eigenvalue weighted by atomic mass is 10.2. The molecule has 27 heavy (non-hydrogen) atoms. The molecule has 0 heterocycles. The molecule has 2 N–H and O–H groups in total. The summed E-state index contributed by atoms with van der Waals surface area (Å²) in [7, 11) is 0. The van der Waals surface area contributed by atoms with Gasteiger partial charge in [-0.3, -0.25) is 0 Å². The van der Waals surface area contributed by atoms with Crippen molar-refractivity contribution in [2.75, 3.05) is 23.8 Å². The molecule has 2 aromatic carbocycles. The van der Waals surface area contributed by atoms with Crippen molar-refractivity contribution in [3.8, 4) is 11.5 Å². The number of hydrogen-bond donors (Lipinski definition) is 2. The van der Waals surface area contributed by atoms with Crippen LogP contribution in [-0.4, -0.2) is 25.3 Å². The van der Waals surface area contributed by atoms with Crippen LogP contribution in [0.1, 0.15) is 47.0 Å². The lowest BCUT2D eigenvalue weighted by molar-refractivity contribution is 0.247. The molecule has 2 atom stereocenters. The van der Waals surface area contributed by atoms with E-state index in [9.17, 15) is 0 Å². The van der Waals surface area contributed by atoms with Crippen molar-refractivity contribution >= 4 is 11.4 Å². The van der Waals surface area contributed by atoms with Crippen molar-refractivity contribution in [1.29, 1.82) is 0 Å². The first-order valence-corrected chi connectivity index (χ1v) is 10.1. The van der Waals surface area contributed by atoms with Gasteiger partial charge in [-0.1, -0.05) is 13.8 Å². The van der Waals surface area contributed by atoms with Crippen molar-refractivity contribution in [3.63, 3.8) is 0 Å². The van der Waals surface area contributed by atoms with E-state index < -0.39 is 0 Å². The Balaban J connectivity index is 1.64. The summed E-state index contributed by atoms with van der Waals surface area (Å²) in [6.07, 6.45) is 3.06. The third-order valence-electron chi connectivity index (χ3n) is 4.59. The molecule has 4 nitrogen and oxygen atoms in total. The molecule has 2 aromatic rings. The number of ether oxygens (including phenoxy) is 2. The molecule has 2 rings (SSSR count). The van der Waals surface area contributed by atoms with Crippen LogP contribution in [0.5, 0.6) is 11.5 Å². The standard InChI is InChI=1S/C23H34N2O2/c1-5-18(3)24-20-8-12-22(13-9-20)26-16-7-17-27-23-14-10-21(11-15-23)25-19(4)6-2/h8-15,18-19,24-25H,5-7,16-17H2,1-4H3. The highest BCUT2D eigenvalue weighted by Gasteiger charge is 2.01. The van der Waals surface area contributed by atoms with Crippen LogP contribution < -0.4 is 20.1 Å². The highest BCUT2D eigenvalue weighted by molar-refractivity contribution is 5.47. The third-order valence-corrected chi connectivity index (χ3v) is 4.59. The van der Waals surface area contributed by atoms with Gasteiger partial charge >= 0.3 is 0 Å². The van der Waals surface area contributed by atoms with Gasteiger partial charge in [0.1, 0.15) is 11.5 Å². The van der Waals surface area contributed by atoms with E-state index in [1.807, 2.05) is 24.3 Å². The number of rotatable bonds is 12. The van der Waals surface area contributed by atoms with Gasteiger partial charge in [-0.15, -0.1) is 0 Å². The van der Waals surface area contributed by atoms with Gasteiger partial charge in [0.15, 0.2) is 0 Å². The molecule has 4 heteroatoms. The van der Waals surface area contributed by atoms with E-state index in [0.717, 1.165) is 42.1 Å². The van der Waals surface area contributed by atoms with Crippen molar-refractivity contribution in [3.05, 3.63) is 48.5 Å². The summed E-state index contributed by atoms with van der Waals surface area (Å²) in [5.41, 5.74) is 2.26. The molecule has 0 radical (unpaired) electrons. The van der Waals surface area contributed by atoms with E-state index in [1.165, 1.54) is 0 Å². The lowest BCUT2D eigenvalue weighted by Gasteiger charge is -2.14. The Bertz CT molecular complexity index is 583. The van der Waals surface area contributed by atoms with Crippen molar-refractivity contribution < 1.29 is 9.47 Å². The minimum Gasteiger partial charge on any atom is -0.493 e. The summed E-state index contributed by atoms with van der Waals surface area (Å²) in [4.78, 5) is 0. The number of nitrogens with one attached hydrogen (secondary N) is 2. The first-order chi connectivity index (χ1) is 13.1. The Morgan fingerprint density at radius 2 is 1.04 bits per heavy atom. The second-order valence-electron chi connectivity index (χ2n) is 7.01. The Kier molecular flexibility index (Phi) is 8.82. The third kappa shape index (κ3) is 7.81. The molecule has 2 unspecified atom stereocenters. The van der Waals surface area contributed by atoms with Crippen LogP contribution in [0.25, 0.3) is 0 Å².